The highest BCUT2D eigenvalue weighted by Crippen LogP contribution is 2.17. The molecule has 24 heavy (non-hydrogen) atoms. The van der Waals surface area contributed by atoms with E-state index in [0.29, 0.717) is 6.04 Å². The van der Waals surface area contributed by atoms with Crippen molar-refractivity contribution in [3.8, 4) is 0 Å². The topological polar surface area (TPSA) is 57.9 Å². The number of aromatic nitrogens is 2. The molecule has 0 radical (unpaired) electrons. The van der Waals surface area contributed by atoms with Crippen LogP contribution in [-0.4, -0.2) is 83.8 Å². The molecule has 3 heterocycles. The summed E-state index contributed by atoms with van der Waals surface area (Å²) < 4.78 is 7.57. The number of hydrogen-bond donors (Lipinski definition) is 1. The molecule has 1 aromatic heterocycles. The summed E-state index contributed by atoms with van der Waals surface area (Å²) in [4.78, 5) is 13.9. The second kappa shape index (κ2) is 9.03. The maximum atomic E-state index is 5.47. The van der Waals surface area contributed by atoms with E-state index in [1.807, 2.05) is 18.7 Å². The molecule has 1 unspecified atom stereocenters. The predicted octanol–water partition coefficient (Wildman–Crippen LogP) is 0.645. The lowest BCUT2D eigenvalue weighted by Crippen LogP contribution is -2.46. The zero-order valence-electron chi connectivity index (χ0n) is 14.7. The molecule has 0 aromatic carbocycles. The van der Waals surface area contributed by atoms with Gasteiger partial charge < -0.3 is 19.5 Å². The van der Waals surface area contributed by atoms with E-state index in [1.54, 1.807) is 0 Å². The standard InChI is InChI=1S/C17H30N6O/c1-2-19-17(20-5-3-7-21-9-6-18-15-21)23-8-4-16(14-23)22-10-12-24-13-11-22/h6,9,15-16H,2-5,7-8,10-14H2,1H3,(H,19,20). The van der Waals surface area contributed by atoms with Crippen LogP contribution < -0.4 is 5.32 Å². The summed E-state index contributed by atoms with van der Waals surface area (Å²) in [5.41, 5.74) is 0. The number of nitrogens with one attached hydrogen (secondary N) is 1. The SMILES string of the molecule is CCNC(=NCCCn1ccnc1)N1CCC(N2CCOCC2)C1. The number of ether oxygens (including phenoxy) is 1. The average Bonchev–Trinajstić information content (AvgIpc) is 3.30. The van der Waals surface area contributed by atoms with E-state index in [-0.39, 0.29) is 0 Å². The number of likely N-dealkylation sites (tertiary alicyclic amines) is 1. The molecule has 7 heteroatoms. The molecule has 134 valence electrons. The van der Waals surface area contributed by atoms with E-state index in [4.69, 9.17) is 9.73 Å². The second-order valence-corrected chi connectivity index (χ2v) is 6.43. The van der Waals surface area contributed by atoms with Crippen LogP contribution in [0, 0.1) is 0 Å². The van der Waals surface area contributed by atoms with Gasteiger partial charge in [-0.1, -0.05) is 0 Å². The van der Waals surface area contributed by atoms with Crippen LogP contribution in [0.15, 0.2) is 23.7 Å². The molecule has 2 saturated heterocycles. The molecule has 0 saturated carbocycles. The van der Waals surface area contributed by atoms with Crippen molar-refractivity contribution in [3.05, 3.63) is 18.7 Å². The van der Waals surface area contributed by atoms with Gasteiger partial charge >= 0.3 is 0 Å². The number of aryl methyl sites for hydroxylation is 1. The Kier molecular flexibility index (Phi) is 6.48. The van der Waals surface area contributed by atoms with Crippen molar-refractivity contribution in [3.63, 3.8) is 0 Å². The van der Waals surface area contributed by atoms with Crippen molar-refractivity contribution >= 4 is 5.96 Å². The molecule has 0 amide bonds. The van der Waals surface area contributed by atoms with Crippen LogP contribution >= 0.6 is 0 Å². The number of hydrogen-bond acceptors (Lipinski definition) is 4. The number of imidazole rings is 1. The van der Waals surface area contributed by atoms with Gasteiger partial charge in [0, 0.05) is 64.2 Å². The van der Waals surface area contributed by atoms with Crippen LogP contribution in [0.2, 0.25) is 0 Å². The first-order chi connectivity index (χ1) is 11.9. The molecule has 3 rings (SSSR count). The Hall–Kier alpha value is -1.60. The fraction of sp³-hybridized carbons (Fsp3) is 0.765. The zero-order chi connectivity index (χ0) is 16.6. The smallest absolute Gasteiger partial charge is 0.193 e. The Labute approximate surface area is 144 Å². The minimum absolute atomic E-state index is 0.642. The van der Waals surface area contributed by atoms with Crippen molar-refractivity contribution in [1.82, 2.24) is 24.7 Å². The Balaban J connectivity index is 1.48. The summed E-state index contributed by atoms with van der Waals surface area (Å²) in [5.74, 6) is 1.07. The second-order valence-electron chi connectivity index (χ2n) is 6.43. The molecule has 7 nitrogen and oxygen atoms in total. The van der Waals surface area contributed by atoms with Crippen molar-refractivity contribution in [2.45, 2.75) is 32.4 Å². The maximum Gasteiger partial charge on any atom is 0.193 e. The minimum atomic E-state index is 0.642. The Bertz CT molecular complexity index is 497. The molecule has 1 atom stereocenters. The highest BCUT2D eigenvalue weighted by Gasteiger charge is 2.30. The quantitative estimate of drug-likeness (QED) is 0.470. The van der Waals surface area contributed by atoms with Gasteiger partial charge in [0.1, 0.15) is 0 Å². The number of guanidine groups is 1. The van der Waals surface area contributed by atoms with E-state index >= 15 is 0 Å². The molecule has 2 aliphatic heterocycles. The van der Waals surface area contributed by atoms with Gasteiger partial charge in [0.25, 0.3) is 0 Å². The molecule has 1 aromatic rings. The largest absolute Gasteiger partial charge is 0.379 e. The normalized spacial score (nSPS) is 23.0. The van der Waals surface area contributed by atoms with Crippen molar-refractivity contribution < 1.29 is 4.74 Å². The lowest BCUT2D eigenvalue weighted by molar-refractivity contribution is 0.0195. The van der Waals surface area contributed by atoms with Crippen LogP contribution in [0.25, 0.3) is 0 Å². The van der Waals surface area contributed by atoms with E-state index in [0.717, 1.165) is 71.4 Å². The van der Waals surface area contributed by atoms with Crippen molar-refractivity contribution in [1.29, 1.82) is 0 Å². The number of rotatable bonds is 6. The van der Waals surface area contributed by atoms with Gasteiger partial charge in [-0.15, -0.1) is 0 Å². The predicted molar refractivity (Wildman–Crippen MR) is 95.2 cm³/mol. The molecule has 2 aliphatic rings. The monoisotopic (exact) mass is 334 g/mol. The summed E-state index contributed by atoms with van der Waals surface area (Å²) >= 11 is 0. The van der Waals surface area contributed by atoms with Crippen LogP contribution in [0.5, 0.6) is 0 Å². The highest BCUT2D eigenvalue weighted by molar-refractivity contribution is 5.80. The lowest BCUT2D eigenvalue weighted by Gasteiger charge is -2.32. The van der Waals surface area contributed by atoms with E-state index in [1.165, 1.54) is 6.42 Å². The molecule has 0 spiro atoms. The summed E-state index contributed by atoms with van der Waals surface area (Å²) in [5, 5.41) is 3.46. The third kappa shape index (κ3) is 4.70. The van der Waals surface area contributed by atoms with Gasteiger partial charge in [0.2, 0.25) is 0 Å². The van der Waals surface area contributed by atoms with E-state index in [2.05, 4.69) is 31.6 Å². The Morgan fingerprint density at radius 1 is 1.33 bits per heavy atom. The maximum absolute atomic E-state index is 5.47. The van der Waals surface area contributed by atoms with Gasteiger partial charge in [0.05, 0.1) is 19.5 Å². The third-order valence-electron chi connectivity index (χ3n) is 4.76. The van der Waals surface area contributed by atoms with Crippen LogP contribution in [-0.2, 0) is 11.3 Å². The number of morpholine rings is 1. The minimum Gasteiger partial charge on any atom is -0.379 e. The lowest BCUT2D eigenvalue weighted by atomic mass is 10.2. The van der Waals surface area contributed by atoms with E-state index < -0.39 is 0 Å². The molecule has 0 aliphatic carbocycles. The van der Waals surface area contributed by atoms with Gasteiger partial charge in [-0.2, -0.15) is 0 Å². The summed E-state index contributed by atoms with van der Waals surface area (Å²) in [6.45, 7) is 10.9. The summed E-state index contributed by atoms with van der Waals surface area (Å²) in [6, 6.07) is 0.642. The van der Waals surface area contributed by atoms with E-state index in [9.17, 15) is 0 Å². The molecule has 2 fully saturated rings. The Morgan fingerprint density at radius 2 is 2.21 bits per heavy atom. The van der Waals surface area contributed by atoms with Gasteiger partial charge in [-0.25, -0.2) is 4.98 Å². The first kappa shape index (κ1) is 17.2. The first-order valence-corrected chi connectivity index (χ1v) is 9.17. The Morgan fingerprint density at radius 3 is 2.96 bits per heavy atom. The summed E-state index contributed by atoms with van der Waals surface area (Å²) in [6.07, 6.45) is 7.94. The fourth-order valence-corrected chi connectivity index (χ4v) is 3.46. The molecule has 1 N–H and O–H groups in total. The average molecular weight is 334 g/mol. The van der Waals surface area contributed by atoms with Crippen LogP contribution in [0.4, 0.5) is 0 Å². The number of aliphatic imine (C=N–C) groups is 1. The van der Waals surface area contributed by atoms with Gasteiger partial charge in [-0.3, -0.25) is 9.89 Å². The fourth-order valence-electron chi connectivity index (χ4n) is 3.46. The van der Waals surface area contributed by atoms with Gasteiger partial charge in [0.15, 0.2) is 5.96 Å². The highest BCUT2D eigenvalue weighted by atomic mass is 16.5. The van der Waals surface area contributed by atoms with Crippen LogP contribution in [0.1, 0.15) is 19.8 Å². The van der Waals surface area contributed by atoms with Gasteiger partial charge in [-0.05, 0) is 19.8 Å². The first-order valence-electron chi connectivity index (χ1n) is 9.17. The van der Waals surface area contributed by atoms with Crippen LogP contribution in [0.3, 0.4) is 0 Å². The zero-order valence-corrected chi connectivity index (χ0v) is 14.7. The molecular formula is C17H30N6O. The van der Waals surface area contributed by atoms with Crippen molar-refractivity contribution in [2.75, 3.05) is 52.5 Å². The third-order valence-corrected chi connectivity index (χ3v) is 4.76. The number of nitrogens with zero attached hydrogens (tertiary/aromatic N) is 5. The molecule has 0 bridgehead atoms. The summed E-state index contributed by atoms with van der Waals surface area (Å²) in [7, 11) is 0. The van der Waals surface area contributed by atoms with Crippen molar-refractivity contribution in [2.24, 2.45) is 4.99 Å². The molecular weight excluding hydrogens is 304 g/mol.